The molecule has 9 heteroatoms. The molecule has 3 aromatic rings. The van der Waals surface area contributed by atoms with Gasteiger partial charge in [0.2, 0.25) is 0 Å². The van der Waals surface area contributed by atoms with Gasteiger partial charge >= 0.3 is 6.61 Å². The first-order chi connectivity index (χ1) is 14.9. The summed E-state index contributed by atoms with van der Waals surface area (Å²) >= 11 is 1.53. The minimum atomic E-state index is -2.87. The Labute approximate surface area is 182 Å². The van der Waals surface area contributed by atoms with Crippen molar-refractivity contribution in [2.75, 3.05) is 0 Å². The summed E-state index contributed by atoms with van der Waals surface area (Å²) in [7, 11) is 0. The van der Waals surface area contributed by atoms with Crippen molar-refractivity contribution in [3.63, 3.8) is 0 Å². The average Bonchev–Trinajstić information content (AvgIpc) is 2.73. The lowest BCUT2D eigenvalue weighted by Crippen LogP contribution is -2.17. The second-order valence-electron chi connectivity index (χ2n) is 6.57. The lowest BCUT2D eigenvalue weighted by Gasteiger charge is -2.05. The molecule has 0 saturated carbocycles. The first kappa shape index (κ1) is 22.4. The molecule has 0 aliphatic heterocycles. The van der Waals surface area contributed by atoms with Crippen LogP contribution in [0.5, 0.6) is 5.75 Å². The molecule has 0 spiro atoms. The molecule has 1 N–H and O–H groups in total. The van der Waals surface area contributed by atoms with E-state index in [0.29, 0.717) is 16.9 Å². The van der Waals surface area contributed by atoms with Crippen molar-refractivity contribution < 1.29 is 18.3 Å². The molecule has 0 atom stereocenters. The topological polar surface area (TPSA) is 76.5 Å². The van der Waals surface area contributed by atoms with Crippen LogP contribution in [0.3, 0.4) is 0 Å². The predicted octanol–water partition coefficient (Wildman–Crippen LogP) is 4.75. The molecule has 0 bridgehead atoms. The number of nitrogens with one attached hydrogen (secondary N) is 1. The number of rotatable bonds is 8. The average molecular weight is 442 g/mol. The number of alkyl halides is 2. The zero-order valence-corrected chi connectivity index (χ0v) is 17.7. The minimum absolute atomic E-state index is 0.0542. The van der Waals surface area contributed by atoms with E-state index in [1.807, 2.05) is 32.0 Å². The van der Waals surface area contributed by atoms with Crippen molar-refractivity contribution in [1.82, 2.24) is 15.4 Å². The maximum atomic E-state index is 12.2. The standard InChI is InChI=1S/C22H20F2N4O2S/c1-14-11-15(2)27-22(26-14)31-13-17-3-7-18(8-4-17)20(29)28-25-12-16-5-9-19(10-6-16)30-21(23)24/h3-12,21H,13H2,1-2H3,(H,28,29)/b25-12+. The van der Waals surface area contributed by atoms with E-state index in [0.717, 1.165) is 22.1 Å². The van der Waals surface area contributed by atoms with E-state index in [-0.39, 0.29) is 11.7 Å². The van der Waals surface area contributed by atoms with Crippen LogP contribution in [0.1, 0.15) is 32.9 Å². The Bertz CT molecular complexity index is 1040. The van der Waals surface area contributed by atoms with Crippen LogP contribution in [-0.4, -0.2) is 28.7 Å². The number of carbonyl (C=O) groups excluding carboxylic acids is 1. The maximum Gasteiger partial charge on any atom is 0.387 e. The van der Waals surface area contributed by atoms with Crippen molar-refractivity contribution in [1.29, 1.82) is 0 Å². The Balaban J connectivity index is 1.51. The third kappa shape index (κ3) is 7.14. The van der Waals surface area contributed by atoms with Gasteiger partial charge < -0.3 is 4.74 Å². The Morgan fingerprint density at radius 1 is 1.10 bits per heavy atom. The second-order valence-corrected chi connectivity index (χ2v) is 7.51. The van der Waals surface area contributed by atoms with Gasteiger partial charge in [-0.25, -0.2) is 15.4 Å². The van der Waals surface area contributed by atoms with E-state index < -0.39 is 6.61 Å². The molecule has 0 radical (unpaired) electrons. The number of hydrazone groups is 1. The van der Waals surface area contributed by atoms with Crippen molar-refractivity contribution in [3.8, 4) is 5.75 Å². The van der Waals surface area contributed by atoms with E-state index >= 15 is 0 Å². The van der Waals surface area contributed by atoms with Gasteiger partial charge in [-0.1, -0.05) is 23.9 Å². The first-order valence-corrected chi connectivity index (χ1v) is 10.3. The molecule has 0 saturated heterocycles. The third-order valence-corrected chi connectivity index (χ3v) is 4.95. The van der Waals surface area contributed by atoms with Crippen LogP contribution >= 0.6 is 11.8 Å². The number of amides is 1. The van der Waals surface area contributed by atoms with Gasteiger partial charge in [-0.2, -0.15) is 13.9 Å². The van der Waals surface area contributed by atoms with Gasteiger partial charge in [-0.05, 0) is 67.4 Å². The monoisotopic (exact) mass is 442 g/mol. The van der Waals surface area contributed by atoms with Gasteiger partial charge in [0.25, 0.3) is 5.91 Å². The lowest BCUT2D eigenvalue weighted by molar-refractivity contribution is -0.0498. The highest BCUT2D eigenvalue weighted by Gasteiger charge is 2.06. The number of halogens is 2. The van der Waals surface area contributed by atoms with Crippen LogP contribution in [0.4, 0.5) is 8.78 Å². The molecule has 1 amide bonds. The first-order valence-electron chi connectivity index (χ1n) is 9.31. The normalized spacial score (nSPS) is 11.1. The van der Waals surface area contributed by atoms with Crippen molar-refractivity contribution in [2.24, 2.45) is 5.10 Å². The molecular formula is C22H20F2N4O2S. The summed E-state index contributed by atoms with van der Waals surface area (Å²) in [5.41, 5.74) is 6.43. The number of benzene rings is 2. The van der Waals surface area contributed by atoms with E-state index in [9.17, 15) is 13.6 Å². The molecule has 0 fully saturated rings. The molecule has 1 heterocycles. The van der Waals surface area contributed by atoms with Gasteiger partial charge in [0.05, 0.1) is 6.21 Å². The van der Waals surface area contributed by atoms with Gasteiger partial charge in [-0.3, -0.25) is 4.79 Å². The summed E-state index contributed by atoms with van der Waals surface area (Å²) in [6, 6.07) is 15.0. The molecular weight excluding hydrogens is 422 g/mol. The number of hydrogen-bond donors (Lipinski definition) is 1. The maximum absolute atomic E-state index is 12.2. The largest absolute Gasteiger partial charge is 0.435 e. The van der Waals surface area contributed by atoms with Gasteiger partial charge in [-0.15, -0.1) is 0 Å². The molecule has 0 aliphatic rings. The van der Waals surface area contributed by atoms with E-state index in [1.54, 1.807) is 24.3 Å². The van der Waals surface area contributed by atoms with Crippen LogP contribution in [0.25, 0.3) is 0 Å². The fraction of sp³-hybridized carbons (Fsp3) is 0.182. The van der Waals surface area contributed by atoms with Crippen molar-refractivity contribution in [2.45, 2.75) is 31.4 Å². The highest BCUT2D eigenvalue weighted by molar-refractivity contribution is 7.98. The molecule has 160 valence electrons. The van der Waals surface area contributed by atoms with Crippen LogP contribution < -0.4 is 10.2 Å². The number of thioether (sulfide) groups is 1. The van der Waals surface area contributed by atoms with Gasteiger partial charge in [0.1, 0.15) is 5.75 Å². The van der Waals surface area contributed by atoms with Gasteiger partial charge in [0.15, 0.2) is 5.16 Å². The summed E-state index contributed by atoms with van der Waals surface area (Å²) < 4.78 is 28.6. The lowest BCUT2D eigenvalue weighted by atomic mass is 10.1. The smallest absolute Gasteiger partial charge is 0.387 e. The summed E-state index contributed by atoms with van der Waals surface area (Å²) in [5.74, 6) is 0.387. The minimum Gasteiger partial charge on any atom is -0.435 e. The Hall–Kier alpha value is -3.33. The molecule has 31 heavy (non-hydrogen) atoms. The highest BCUT2D eigenvalue weighted by Crippen LogP contribution is 2.20. The van der Waals surface area contributed by atoms with E-state index in [4.69, 9.17) is 0 Å². The number of aromatic nitrogens is 2. The summed E-state index contributed by atoms with van der Waals surface area (Å²) in [5, 5.41) is 4.61. The number of aryl methyl sites for hydroxylation is 2. The van der Waals surface area contributed by atoms with Crippen LogP contribution in [-0.2, 0) is 5.75 Å². The zero-order valence-electron chi connectivity index (χ0n) is 16.9. The van der Waals surface area contributed by atoms with Crippen molar-refractivity contribution >= 4 is 23.9 Å². The zero-order chi connectivity index (χ0) is 22.2. The summed E-state index contributed by atoms with van der Waals surface area (Å²) in [6.07, 6.45) is 1.42. The molecule has 1 aromatic heterocycles. The number of nitrogens with zero attached hydrogens (tertiary/aromatic N) is 3. The number of carbonyl (C=O) groups is 1. The van der Waals surface area contributed by atoms with Gasteiger partial charge in [0, 0.05) is 22.7 Å². The third-order valence-electron chi connectivity index (χ3n) is 4.03. The Morgan fingerprint density at radius 3 is 2.35 bits per heavy atom. The molecule has 0 unspecified atom stereocenters. The fourth-order valence-electron chi connectivity index (χ4n) is 2.62. The number of hydrogen-bond acceptors (Lipinski definition) is 6. The van der Waals surface area contributed by atoms with E-state index in [2.05, 4.69) is 25.2 Å². The quantitative estimate of drug-likeness (QED) is 0.236. The number of ether oxygens (including phenoxy) is 1. The molecule has 0 aliphatic carbocycles. The second kappa shape index (κ2) is 10.6. The molecule has 6 nitrogen and oxygen atoms in total. The fourth-order valence-corrected chi connectivity index (χ4v) is 3.53. The van der Waals surface area contributed by atoms with Crippen LogP contribution in [0.2, 0.25) is 0 Å². The van der Waals surface area contributed by atoms with Crippen LogP contribution in [0.15, 0.2) is 64.9 Å². The predicted molar refractivity (Wildman–Crippen MR) is 116 cm³/mol. The highest BCUT2D eigenvalue weighted by atomic mass is 32.2. The van der Waals surface area contributed by atoms with E-state index in [1.165, 1.54) is 30.1 Å². The van der Waals surface area contributed by atoms with Crippen molar-refractivity contribution in [3.05, 3.63) is 82.7 Å². The SMILES string of the molecule is Cc1cc(C)nc(SCc2ccc(C(=O)N/N=C/c3ccc(OC(F)F)cc3)cc2)n1. The Morgan fingerprint density at radius 2 is 1.74 bits per heavy atom. The summed E-state index contributed by atoms with van der Waals surface area (Å²) in [6.45, 7) is 1.00. The molecule has 3 rings (SSSR count). The Kier molecular flexibility index (Phi) is 7.66. The van der Waals surface area contributed by atoms with Crippen LogP contribution in [0, 0.1) is 13.8 Å². The summed E-state index contributed by atoms with van der Waals surface area (Å²) in [4.78, 5) is 21.0. The molecule has 2 aromatic carbocycles.